The van der Waals surface area contributed by atoms with Crippen molar-refractivity contribution < 1.29 is 48.0 Å². The highest BCUT2D eigenvalue weighted by Crippen LogP contribution is 2.61. The minimum absolute atomic E-state index is 0.199. The number of amides is 1. The molecule has 11 nitrogen and oxygen atoms in total. The molecule has 7 rings (SSSR count). The van der Waals surface area contributed by atoms with E-state index < -0.39 is 77.3 Å². The topological polar surface area (TPSA) is 153 Å². The van der Waals surface area contributed by atoms with Crippen LogP contribution >= 0.6 is 0 Å². The zero-order valence-electron chi connectivity index (χ0n) is 25.3. The van der Waals surface area contributed by atoms with Crippen molar-refractivity contribution in [1.29, 1.82) is 0 Å². The van der Waals surface area contributed by atoms with Crippen LogP contribution in [-0.4, -0.2) is 77.8 Å². The molecule has 11 heteroatoms. The lowest BCUT2D eigenvalue weighted by Crippen LogP contribution is -2.46. The van der Waals surface area contributed by atoms with Gasteiger partial charge in [0.2, 0.25) is 0 Å². The third-order valence-electron chi connectivity index (χ3n) is 10.1. The zero-order valence-corrected chi connectivity index (χ0v) is 25.3. The molecule has 5 aliphatic rings. The van der Waals surface area contributed by atoms with E-state index in [0.717, 1.165) is 5.57 Å². The molecule has 2 aromatic carbocycles. The van der Waals surface area contributed by atoms with Crippen molar-refractivity contribution in [3.8, 4) is 0 Å². The van der Waals surface area contributed by atoms with E-state index in [9.17, 15) is 24.3 Å². The number of hydrogen-bond donors (Lipinski definition) is 2. The number of aliphatic hydroxyl groups is 1. The number of esters is 3. The van der Waals surface area contributed by atoms with Gasteiger partial charge in [-0.15, -0.1) is 0 Å². The second kappa shape index (κ2) is 11.2. The number of epoxide rings is 2. The van der Waals surface area contributed by atoms with E-state index >= 15 is 0 Å². The minimum atomic E-state index is -1.74. The number of carbonyl (C=O) groups excluding carboxylic acids is 4. The van der Waals surface area contributed by atoms with Crippen molar-refractivity contribution in [1.82, 2.24) is 5.32 Å². The molecule has 3 aliphatic heterocycles. The van der Waals surface area contributed by atoms with Crippen molar-refractivity contribution >= 4 is 23.8 Å². The van der Waals surface area contributed by atoms with E-state index in [1.165, 1.54) is 0 Å². The number of nitrogens with one attached hydrogen (secondary N) is 1. The molecule has 3 saturated heterocycles. The monoisotopic (exact) mass is 629 g/mol. The number of aliphatic hydroxyl groups excluding tert-OH is 1. The Morgan fingerprint density at radius 3 is 2.28 bits per heavy atom. The molecule has 3 heterocycles. The van der Waals surface area contributed by atoms with Crippen LogP contribution in [0.1, 0.15) is 41.7 Å². The van der Waals surface area contributed by atoms with Crippen LogP contribution in [0.3, 0.4) is 0 Å². The van der Waals surface area contributed by atoms with Gasteiger partial charge in [0, 0.05) is 23.5 Å². The average molecular weight is 630 g/mol. The SMILES string of the molecule is C=C1C(=O)O[C@H]2[C@H]1[C@@H](OC(=O)[C@]1(C)CO1)CC(=C)[C@@H]1C[C@H](OC(=O)[C@H](O)[C@@H](NC(=O)c3ccccc3)c3ccccc3)[C@]3(CO3)[C@H]21. The Hall–Kier alpha value is -4.32. The number of hydrogen-bond acceptors (Lipinski definition) is 10. The predicted molar refractivity (Wildman–Crippen MR) is 160 cm³/mol. The lowest BCUT2D eigenvalue weighted by molar-refractivity contribution is -0.166. The van der Waals surface area contributed by atoms with Crippen LogP contribution in [0.5, 0.6) is 0 Å². The van der Waals surface area contributed by atoms with Crippen molar-refractivity contribution in [3.05, 3.63) is 96.1 Å². The minimum Gasteiger partial charge on any atom is -0.459 e. The number of ether oxygens (including phenoxy) is 5. The number of benzene rings is 2. The second-order valence-electron chi connectivity index (χ2n) is 13.0. The van der Waals surface area contributed by atoms with E-state index in [2.05, 4.69) is 18.5 Å². The second-order valence-corrected chi connectivity index (χ2v) is 13.0. The maximum atomic E-state index is 13.6. The summed E-state index contributed by atoms with van der Waals surface area (Å²) in [5.41, 5.74) is -0.184. The molecule has 0 bridgehead atoms. The van der Waals surface area contributed by atoms with Gasteiger partial charge in [-0.25, -0.2) is 14.4 Å². The van der Waals surface area contributed by atoms with Gasteiger partial charge in [0.15, 0.2) is 11.7 Å². The maximum absolute atomic E-state index is 13.6. The standard InChI is InChI=1S/C35H35NO10/c1-18-14-23(44-33(41)34(3)16-42-34)25-19(2)31(39)46-29(25)26-22(18)15-24(35(26)17-43-35)45-32(40)28(37)27(20-10-6-4-7-11-20)36-30(38)21-12-8-5-9-13-21/h4-13,22-29,37H,1-2,14-17H2,3H3,(H,36,38)/t22-,23-,24-,25+,26-,27-,28+,29-,34-,35+/m0/s1. The summed E-state index contributed by atoms with van der Waals surface area (Å²) in [5.74, 6) is -3.91. The summed E-state index contributed by atoms with van der Waals surface area (Å²) in [6.07, 6.45) is -3.49. The van der Waals surface area contributed by atoms with Gasteiger partial charge < -0.3 is 34.1 Å². The van der Waals surface area contributed by atoms with E-state index in [4.69, 9.17) is 23.7 Å². The van der Waals surface area contributed by atoms with Gasteiger partial charge in [0.1, 0.15) is 23.9 Å². The molecule has 2 saturated carbocycles. The number of rotatable bonds is 8. The van der Waals surface area contributed by atoms with Crippen LogP contribution in [0.25, 0.3) is 0 Å². The van der Waals surface area contributed by atoms with Gasteiger partial charge >= 0.3 is 17.9 Å². The first-order valence-corrected chi connectivity index (χ1v) is 15.4. The molecule has 2 N–H and O–H groups in total. The summed E-state index contributed by atoms with van der Waals surface area (Å²) in [5, 5.41) is 14.1. The molecule has 0 radical (unpaired) electrons. The summed E-state index contributed by atoms with van der Waals surface area (Å²) < 4.78 is 29.1. The first kappa shape index (κ1) is 30.3. The van der Waals surface area contributed by atoms with Gasteiger partial charge in [-0.3, -0.25) is 4.79 Å². The zero-order chi connectivity index (χ0) is 32.4. The Morgan fingerprint density at radius 1 is 1.00 bits per heavy atom. The maximum Gasteiger partial charge on any atom is 0.340 e. The highest BCUT2D eigenvalue weighted by Gasteiger charge is 2.72. The number of fused-ring (bicyclic) bond motifs is 4. The third-order valence-corrected chi connectivity index (χ3v) is 10.1. The Labute approximate surface area is 265 Å². The summed E-state index contributed by atoms with van der Waals surface area (Å²) in [7, 11) is 0. The van der Waals surface area contributed by atoms with Gasteiger partial charge in [0.25, 0.3) is 5.91 Å². The van der Waals surface area contributed by atoms with E-state index in [-0.39, 0.29) is 31.1 Å². The lowest BCUT2D eigenvalue weighted by Gasteiger charge is -2.31. The van der Waals surface area contributed by atoms with Crippen LogP contribution in [0.2, 0.25) is 0 Å². The Morgan fingerprint density at radius 2 is 1.65 bits per heavy atom. The van der Waals surface area contributed by atoms with Crippen LogP contribution in [0.4, 0.5) is 0 Å². The smallest absolute Gasteiger partial charge is 0.340 e. The molecule has 0 unspecified atom stereocenters. The largest absolute Gasteiger partial charge is 0.459 e. The molecule has 2 aliphatic carbocycles. The van der Waals surface area contributed by atoms with Crippen molar-refractivity contribution in [3.63, 3.8) is 0 Å². The fourth-order valence-electron chi connectivity index (χ4n) is 7.31. The van der Waals surface area contributed by atoms with Crippen LogP contribution in [0, 0.1) is 17.8 Å². The lowest BCUT2D eigenvalue weighted by atomic mass is 9.78. The van der Waals surface area contributed by atoms with E-state index in [1.54, 1.807) is 67.6 Å². The molecular weight excluding hydrogens is 594 g/mol. The Kier molecular flexibility index (Phi) is 7.38. The molecular formula is C35H35NO10. The van der Waals surface area contributed by atoms with E-state index in [0.29, 0.717) is 17.5 Å². The fourth-order valence-corrected chi connectivity index (χ4v) is 7.31. The van der Waals surface area contributed by atoms with Crippen molar-refractivity contribution in [2.75, 3.05) is 13.2 Å². The molecule has 240 valence electrons. The van der Waals surface area contributed by atoms with E-state index in [1.807, 2.05) is 0 Å². The summed E-state index contributed by atoms with van der Waals surface area (Å²) in [6, 6.07) is 16.1. The molecule has 0 aromatic heterocycles. The summed E-state index contributed by atoms with van der Waals surface area (Å²) in [4.78, 5) is 52.4. The Bertz CT molecular complexity index is 1600. The predicted octanol–water partition coefficient (Wildman–Crippen LogP) is 2.59. The fraction of sp³-hybridized carbons (Fsp3) is 0.429. The normalized spacial score (nSPS) is 35.2. The molecule has 2 aromatic rings. The summed E-state index contributed by atoms with van der Waals surface area (Å²) >= 11 is 0. The molecule has 1 spiro atoms. The highest BCUT2D eigenvalue weighted by molar-refractivity contribution is 5.95. The third kappa shape index (κ3) is 5.12. The van der Waals surface area contributed by atoms with Crippen molar-refractivity contribution in [2.45, 2.75) is 61.4 Å². The van der Waals surface area contributed by atoms with Crippen molar-refractivity contribution in [2.24, 2.45) is 17.8 Å². The molecule has 10 atom stereocenters. The number of carbonyl (C=O) groups is 4. The van der Waals surface area contributed by atoms with Crippen LogP contribution < -0.4 is 5.32 Å². The Balaban J connectivity index is 1.12. The average Bonchev–Trinajstić information content (AvgIpc) is 3.96. The van der Waals surface area contributed by atoms with Gasteiger partial charge in [-0.2, -0.15) is 0 Å². The first-order chi connectivity index (χ1) is 22.0. The van der Waals surface area contributed by atoms with Gasteiger partial charge in [0.05, 0.1) is 25.2 Å². The summed E-state index contributed by atoms with van der Waals surface area (Å²) in [6.45, 7) is 10.4. The molecule has 5 fully saturated rings. The van der Waals surface area contributed by atoms with Crippen LogP contribution in [-0.2, 0) is 38.1 Å². The van der Waals surface area contributed by atoms with Gasteiger partial charge in [-0.05, 0) is 37.0 Å². The highest BCUT2D eigenvalue weighted by atomic mass is 16.7. The molecule has 1 amide bonds. The first-order valence-electron chi connectivity index (χ1n) is 15.4. The van der Waals surface area contributed by atoms with Gasteiger partial charge in [-0.1, -0.05) is 67.3 Å². The molecule has 46 heavy (non-hydrogen) atoms. The quantitative estimate of drug-likeness (QED) is 0.147. The van der Waals surface area contributed by atoms with Crippen LogP contribution in [0.15, 0.2) is 85.0 Å².